The van der Waals surface area contributed by atoms with Gasteiger partial charge in [0, 0.05) is 11.8 Å². The molecule has 20 heavy (non-hydrogen) atoms. The first-order chi connectivity index (χ1) is 9.45. The molecule has 7 heteroatoms. The summed E-state index contributed by atoms with van der Waals surface area (Å²) in [5, 5.41) is 12.5. The molecular formula is C13H10ClFN2O3. The van der Waals surface area contributed by atoms with E-state index in [1.807, 2.05) is 0 Å². The Bertz CT molecular complexity index is 743. The molecule has 0 spiro atoms. The van der Waals surface area contributed by atoms with E-state index in [0.29, 0.717) is 6.42 Å². The number of carbonyl (C=O) groups is 1. The largest absolute Gasteiger partial charge is 0.476 e. The normalized spacial score (nSPS) is 10.6. The zero-order chi connectivity index (χ0) is 14.9. The second kappa shape index (κ2) is 5.42. The molecule has 0 bridgehead atoms. The average Bonchev–Trinajstić information content (AvgIpc) is 2.42. The highest BCUT2D eigenvalue weighted by Crippen LogP contribution is 2.20. The van der Waals surface area contributed by atoms with Gasteiger partial charge in [0.15, 0.2) is 5.82 Å². The Morgan fingerprint density at radius 3 is 2.80 bits per heavy atom. The first kappa shape index (κ1) is 14.2. The summed E-state index contributed by atoms with van der Waals surface area (Å²) in [6, 6.07) is 4.26. The Labute approximate surface area is 118 Å². The predicted octanol–water partition coefficient (Wildman–Crippen LogP) is 2.29. The van der Waals surface area contributed by atoms with Crippen LogP contribution in [-0.4, -0.2) is 20.9 Å². The van der Waals surface area contributed by atoms with Crippen LogP contribution < -0.4 is 5.43 Å². The van der Waals surface area contributed by atoms with Gasteiger partial charge >= 0.3 is 5.97 Å². The minimum absolute atomic E-state index is 0.0188. The minimum Gasteiger partial charge on any atom is -0.476 e. The number of rotatable bonds is 3. The SMILES string of the molecule is CCc1cn(-c2cccc(Cl)c2F)nc(C(=O)O)c1=O. The highest BCUT2D eigenvalue weighted by atomic mass is 35.5. The molecule has 1 aromatic carbocycles. The molecule has 0 fully saturated rings. The summed E-state index contributed by atoms with van der Waals surface area (Å²) in [5.41, 5.74) is -1.10. The van der Waals surface area contributed by atoms with E-state index in [1.54, 1.807) is 6.92 Å². The van der Waals surface area contributed by atoms with Gasteiger partial charge in [0.05, 0.1) is 5.02 Å². The summed E-state index contributed by atoms with van der Waals surface area (Å²) in [6.07, 6.45) is 1.62. The Morgan fingerprint density at radius 2 is 2.20 bits per heavy atom. The fraction of sp³-hybridized carbons (Fsp3) is 0.154. The molecule has 0 aliphatic rings. The third-order valence-corrected chi connectivity index (χ3v) is 3.05. The van der Waals surface area contributed by atoms with Crippen molar-refractivity contribution in [1.29, 1.82) is 0 Å². The van der Waals surface area contributed by atoms with E-state index < -0.39 is 22.9 Å². The molecule has 1 N–H and O–H groups in total. The number of hydrogen-bond donors (Lipinski definition) is 1. The van der Waals surface area contributed by atoms with E-state index in [0.717, 1.165) is 4.68 Å². The van der Waals surface area contributed by atoms with Crippen molar-refractivity contribution in [2.45, 2.75) is 13.3 Å². The molecule has 0 aliphatic carbocycles. The van der Waals surface area contributed by atoms with Gasteiger partial charge in [-0.05, 0) is 18.6 Å². The topological polar surface area (TPSA) is 72.2 Å². The lowest BCUT2D eigenvalue weighted by atomic mass is 10.2. The van der Waals surface area contributed by atoms with Crippen LogP contribution in [0.25, 0.3) is 5.69 Å². The van der Waals surface area contributed by atoms with Crippen LogP contribution >= 0.6 is 11.6 Å². The molecule has 1 aromatic heterocycles. The van der Waals surface area contributed by atoms with Crippen LogP contribution in [-0.2, 0) is 6.42 Å². The molecule has 2 aromatic rings. The number of nitrogens with zero attached hydrogens (tertiary/aromatic N) is 2. The van der Waals surface area contributed by atoms with Crippen LogP contribution in [0.5, 0.6) is 0 Å². The number of aryl methyl sites for hydroxylation is 1. The van der Waals surface area contributed by atoms with Gasteiger partial charge in [0.25, 0.3) is 0 Å². The second-order valence-corrected chi connectivity index (χ2v) is 4.42. The summed E-state index contributed by atoms with van der Waals surface area (Å²) < 4.78 is 15.0. The average molecular weight is 297 g/mol. The number of aromatic carboxylic acids is 1. The van der Waals surface area contributed by atoms with E-state index in [-0.39, 0.29) is 16.3 Å². The summed E-state index contributed by atoms with van der Waals surface area (Å²) in [7, 11) is 0. The molecule has 0 saturated heterocycles. The highest BCUT2D eigenvalue weighted by molar-refractivity contribution is 6.30. The Balaban J connectivity index is 2.75. The molecule has 104 valence electrons. The van der Waals surface area contributed by atoms with E-state index in [9.17, 15) is 14.0 Å². The number of halogens is 2. The Kier molecular flexibility index (Phi) is 3.85. The van der Waals surface area contributed by atoms with E-state index in [1.165, 1.54) is 24.4 Å². The summed E-state index contributed by atoms with van der Waals surface area (Å²) in [4.78, 5) is 22.8. The molecular weight excluding hydrogens is 287 g/mol. The highest BCUT2D eigenvalue weighted by Gasteiger charge is 2.17. The molecule has 0 unspecified atom stereocenters. The van der Waals surface area contributed by atoms with Gasteiger partial charge in [-0.1, -0.05) is 24.6 Å². The maximum Gasteiger partial charge on any atom is 0.360 e. The van der Waals surface area contributed by atoms with E-state index >= 15 is 0 Å². The Hall–Kier alpha value is -2.21. The molecule has 0 radical (unpaired) electrons. The first-order valence-electron chi connectivity index (χ1n) is 5.76. The lowest BCUT2D eigenvalue weighted by Gasteiger charge is -2.10. The van der Waals surface area contributed by atoms with Crippen molar-refractivity contribution in [2.24, 2.45) is 0 Å². The summed E-state index contributed by atoms with van der Waals surface area (Å²) in [5.74, 6) is -2.19. The number of hydrogen-bond acceptors (Lipinski definition) is 3. The predicted molar refractivity (Wildman–Crippen MR) is 71.1 cm³/mol. The molecule has 0 saturated carbocycles. The van der Waals surface area contributed by atoms with Crippen molar-refractivity contribution in [2.75, 3.05) is 0 Å². The number of carboxylic acid groups (broad SMARTS) is 1. The van der Waals surface area contributed by atoms with Crippen LogP contribution in [0.2, 0.25) is 5.02 Å². The van der Waals surface area contributed by atoms with Gasteiger partial charge in [-0.3, -0.25) is 4.79 Å². The smallest absolute Gasteiger partial charge is 0.360 e. The number of aromatic nitrogens is 2. The number of benzene rings is 1. The maximum atomic E-state index is 13.9. The van der Waals surface area contributed by atoms with Crippen molar-refractivity contribution in [3.05, 3.63) is 56.7 Å². The molecule has 0 atom stereocenters. The standard InChI is InChI=1S/C13H10ClFN2O3/c1-2-7-6-17(16-11(12(7)18)13(19)20)9-5-3-4-8(14)10(9)15/h3-6H,2H2,1H3,(H,19,20). The van der Waals surface area contributed by atoms with Gasteiger partial charge in [-0.25, -0.2) is 13.9 Å². The summed E-state index contributed by atoms with van der Waals surface area (Å²) >= 11 is 5.68. The van der Waals surface area contributed by atoms with Gasteiger partial charge in [0.1, 0.15) is 5.69 Å². The molecule has 5 nitrogen and oxygen atoms in total. The van der Waals surface area contributed by atoms with Crippen LogP contribution in [0, 0.1) is 5.82 Å². The third kappa shape index (κ3) is 2.42. The van der Waals surface area contributed by atoms with Crippen molar-refractivity contribution < 1.29 is 14.3 Å². The van der Waals surface area contributed by atoms with Crippen LogP contribution in [0.4, 0.5) is 4.39 Å². The van der Waals surface area contributed by atoms with Crippen molar-refractivity contribution in [3.8, 4) is 5.69 Å². The van der Waals surface area contributed by atoms with Gasteiger partial charge in [0.2, 0.25) is 11.1 Å². The fourth-order valence-electron chi connectivity index (χ4n) is 1.72. The van der Waals surface area contributed by atoms with Gasteiger partial charge in [-0.2, -0.15) is 5.10 Å². The third-order valence-electron chi connectivity index (χ3n) is 2.75. The van der Waals surface area contributed by atoms with Crippen LogP contribution in [0.1, 0.15) is 23.0 Å². The lowest BCUT2D eigenvalue weighted by Crippen LogP contribution is -2.24. The zero-order valence-electron chi connectivity index (χ0n) is 10.4. The first-order valence-corrected chi connectivity index (χ1v) is 6.14. The molecule has 2 rings (SSSR count). The Morgan fingerprint density at radius 1 is 1.50 bits per heavy atom. The zero-order valence-corrected chi connectivity index (χ0v) is 11.2. The van der Waals surface area contributed by atoms with E-state index in [4.69, 9.17) is 16.7 Å². The fourth-order valence-corrected chi connectivity index (χ4v) is 1.89. The molecule has 0 aliphatic heterocycles. The van der Waals surface area contributed by atoms with E-state index in [2.05, 4.69) is 5.10 Å². The van der Waals surface area contributed by atoms with Gasteiger partial charge < -0.3 is 5.11 Å². The minimum atomic E-state index is -1.46. The molecule has 1 heterocycles. The monoisotopic (exact) mass is 296 g/mol. The quantitative estimate of drug-likeness (QED) is 0.943. The van der Waals surface area contributed by atoms with Crippen molar-refractivity contribution in [1.82, 2.24) is 9.78 Å². The second-order valence-electron chi connectivity index (χ2n) is 4.01. The van der Waals surface area contributed by atoms with Crippen molar-refractivity contribution >= 4 is 17.6 Å². The van der Waals surface area contributed by atoms with Crippen LogP contribution in [0.15, 0.2) is 29.2 Å². The van der Waals surface area contributed by atoms with Crippen molar-refractivity contribution in [3.63, 3.8) is 0 Å². The van der Waals surface area contributed by atoms with Crippen LogP contribution in [0.3, 0.4) is 0 Å². The summed E-state index contributed by atoms with van der Waals surface area (Å²) in [6.45, 7) is 1.70. The maximum absolute atomic E-state index is 13.9. The lowest BCUT2D eigenvalue weighted by molar-refractivity contribution is 0.0686. The molecule has 0 amide bonds. The number of carboxylic acids is 1. The van der Waals surface area contributed by atoms with Gasteiger partial charge in [-0.15, -0.1) is 0 Å².